The average Bonchev–Trinajstić information content (AvgIpc) is 3.17. The third kappa shape index (κ3) is 3.52. The summed E-state index contributed by atoms with van der Waals surface area (Å²) < 4.78 is 0. The molecule has 4 rings (SSSR count). The van der Waals surface area contributed by atoms with Gasteiger partial charge in [0.25, 0.3) is 0 Å². The molecular weight excluding hydrogens is 294 g/mol. The Kier molecular flexibility index (Phi) is 4.38. The molecule has 24 heavy (non-hydrogen) atoms. The molecule has 2 aliphatic heterocycles. The summed E-state index contributed by atoms with van der Waals surface area (Å²) in [5.41, 5.74) is 4.41. The van der Waals surface area contributed by atoms with Crippen molar-refractivity contribution in [1.29, 1.82) is 0 Å². The Morgan fingerprint density at radius 2 is 1.54 bits per heavy atom. The Morgan fingerprint density at radius 1 is 0.875 bits per heavy atom. The van der Waals surface area contributed by atoms with Gasteiger partial charge in [0.1, 0.15) is 0 Å². The first-order valence-corrected chi connectivity index (χ1v) is 9.11. The Balaban J connectivity index is 1.33. The molecule has 126 valence electrons. The lowest BCUT2D eigenvalue weighted by Gasteiger charge is -2.25. The Hall–Kier alpha value is -1.71. The van der Waals surface area contributed by atoms with E-state index >= 15 is 0 Å². The third-order valence-electron chi connectivity index (χ3n) is 5.66. The summed E-state index contributed by atoms with van der Waals surface area (Å²) in [5, 5.41) is 0. The second kappa shape index (κ2) is 6.66. The van der Waals surface area contributed by atoms with Crippen molar-refractivity contribution in [3.63, 3.8) is 0 Å². The van der Waals surface area contributed by atoms with Crippen LogP contribution in [-0.2, 0) is 13.1 Å². The zero-order valence-corrected chi connectivity index (χ0v) is 14.6. The Labute approximate surface area is 145 Å². The van der Waals surface area contributed by atoms with Gasteiger partial charge in [-0.15, -0.1) is 0 Å². The maximum absolute atomic E-state index is 4.43. The number of nitrogens with zero attached hydrogens (tertiary/aromatic N) is 3. The first kappa shape index (κ1) is 15.8. The van der Waals surface area contributed by atoms with Crippen LogP contribution in [0.2, 0.25) is 0 Å². The highest BCUT2D eigenvalue weighted by Gasteiger charge is 2.43. The van der Waals surface area contributed by atoms with Crippen LogP contribution in [-0.4, -0.2) is 41.0 Å². The van der Waals surface area contributed by atoms with Crippen molar-refractivity contribution in [1.82, 2.24) is 14.8 Å². The zero-order chi connectivity index (χ0) is 16.4. The van der Waals surface area contributed by atoms with Crippen LogP contribution >= 0.6 is 0 Å². The molecule has 1 aromatic carbocycles. The lowest BCUT2D eigenvalue weighted by atomic mass is 9.86. The highest BCUT2D eigenvalue weighted by molar-refractivity contribution is 5.16. The van der Waals surface area contributed by atoms with Crippen LogP contribution in [0.25, 0.3) is 0 Å². The van der Waals surface area contributed by atoms with Crippen molar-refractivity contribution in [2.75, 3.05) is 26.2 Å². The van der Waals surface area contributed by atoms with E-state index in [1.807, 2.05) is 6.20 Å². The number of hydrogen-bond acceptors (Lipinski definition) is 3. The predicted octanol–water partition coefficient (Wildman–Crippen LogP) is 3.49. The molecule has 0 bridgehead atoms. The molecule has 2 saturated heterocycles. The van der Waals surface area contributed by atoms with Crippen LogP contribution in [0.1, 0.15) is 29.7 Å². The second-order valence-electron chi connectivity index (χ2n) is 7.71. The van der Waals surface area contributed by atoms with Gasteiger partial charge in [0.2, 0.25) is 0 Å². The summed E-state index contributed by atoms with van der Waals surface area (Å²) in [7, 11) is 0. The highest BCUT2D eigenvalue weighted by Crippen LogP contribution is 2.40. The topological polar surface area (TPSA) is 19.4 Å². The first-order valence-electron chi connectivity index (χ1n) is 9.11. The lowest BCUT2D eigenvalue weighted by molar-refractivity contribution is 0.234. The number of aryl methyl sites for hydroxylation is 1. The van der Waals surface area contributed by atoms with Crippen LogP contribution in [0.3, 0.4) is 0 Å². The zero-order valence-electron chi connectivity index (χ0n) is 14.6. The molecule has 1 atom stereocenters. The SMILES string of the molecule is Cc1ccc(CN2CCC3(CCN(Cc4ccccc4)C3)C2)cn1. The van der Waals surface area contributed by atoms with Crippen LogP contribution < -0.4 is 0 Å². The molecule has 3 heteroatoms. The van der Waals surface area contributed by atoms with Gasteiger partial charge in [-0.2, -0.15) is 0 Å². The standard InChI is InChI=1S/C21H27N3/c1-18-7-8-20(13-22-18)15-24-12-10-21(17-24)9-11-23(16-21)14-19-5-3-2-4-6-19/h2-8,13H,9-12,14-17H2,1H3. The van der Waals surface area contributed by atoms with Gasteiger partial charge in [0.05, 0.1) is 0 Å². The summed E-state index contributed by atoms with van der Waals surface area (Å²) in [6.07, 6.45) is 4.73. The molecule has 0 radical (unpaired) electrons. The number of aromatic nitrogens is 1. The average molecular weight is 321 g/mol. The summed E-state index contributed by atoms with van der Waals surface area (Å²) in [6, 6.07) is 15.2. The van der Waals surface area contributed by atoms with Gasteiger partial charge >= 0.3 is 0 Å². The number of likely N-dealkylation sites (tertiary alicyclic amines) is 2. The van der Waals surface area contributed by atoms with Crippen molar-refractivity contribution in [2.24, 2.45) is 5.41 Å². The van der Waals surface area contributed by atoms with E-state index in [-0.39, 0.29) is 0 Å². The molecule has 0 N–H and O–H groups in total. The summed E-state index contributed by atoms with van der Waals surface area (Å²) in [6.45, 7) is 9.17. The largest absolute Gasteiger partial charge is 0.298 e. The predicted molar refractivity (Wildman–Crippen MR) is 97.6 cm³/mol. The molecule has 3 nitrogen and oxygen atoms in total. The molecule has 0 aliphatic carbocycles. The second-order valence-corrected chi connectivity index (χ2v) is 7.71. The number of rotatable bonds is 4. The summed E-state index contributed by atoms with van der Waals surface area (Å²) in [4.78, 5) is 9.70. The fourth-order valence-corrected chi connectivity index (χ4v) is 4.35. The molecule has 0 amide bonds. The van der Waals surface area contributed by atoms with Crippen molar-refractivity contribution in [3.05, 3.63) is 65.5 Å². The van der Waals surface area contributed by atoms with E-state index in [2.05, 4.69) is 64.2 Å². The minimum atomic E-state index is 0.521. The van der Waals surface area contributed by atoms with Gasteiger partial charge in [0.15, 0.2) is 0 Å². The smallest absolute Gasteiger partial charge is 0.0372 e. The quantitative estimate of drug-likeness (QED) is 0.859. The van der Waals surface area contributed by atoms with E-state index in [0.29, 0.717) is 5.41 Å². The maximum Gasteiger partial charge on any atom is 0.0372 e. The van der Waals surface area contributed by atoms with E-state index in [4.69, 9.17) is 0 Å². The third-order valence-corrected chi connectivity index (χ3v) is 5.66. The van der Waals surface area contributed by atoms with E-state index in [1.165, 1.54) is 50.1 Å². The monoisotopic (exact) mass is 321 g/mol. The summed E-state index contributed by atoms with van der Waals surface area (Å²) >= 11 is 0. The highest BCUT2D eigenvalue weighted by atomic mass is 15.2. The normalized spacial score (nSPS) is 24.9. The lowest BCUT2D eigenvalue weighted by Crippen LogP contribution is -2.30. The van der Waals surface area contributed by atoms with Crippen LogP contribution in [0.4, 0.5) is 0 Å². The van der Waals surface area contributed by atoms with Crippen LogP contribution in [0, 0.1) is 12.3 Å². The molecule has 0 saturated carbocycles. The number of pyridine rings is 1. The fourth-order valence-electron chi connectivity index (χ4n) is 4.35. The molecule has 1 aromatic heterocycles. The van der Waals surface area contributed by atoms with Crippen LogP contribution in [0.5, 0.6) is 0 Å². The Bertz CT molecular complexity index is 667. The van der Waals surface area contributed by atoms with Gasteiger partial charge in [-0.25, -0.2) is 0 Å². The van der Waals surface area contributed by atoms with Crippen molar-refractivity contribution in [2.45, 2.75) is 32.9 Å². The van der Waals surface area contributed by atoms with E-state index < -0.39 is 0 Å². The molecule has 1 unspecified atom stereocenters. The van der Waals surface area contributed by atoms with Gasteiger partial charge in [-0.1, -0.05) is 36.4 Å². The fraction of sp³-hybridized carbons (Fsp3) is 0.476. The van der Waals surface area contributed by atoms with Gasteiger partial charge in [-0.3, -0.25) is 14.8 Å². The molecular formula is C21H27N3. The van der Waals surface area contributed by atoms with Gasteiger partial charge in [0, 0.05) is 38.1 Å². The first-order chi connectivity index (χ1) is 11.7. The van der Waals surface area contributed by atoms with Crippen LogP contribution in [0.15, 0.2) is 48.7 Å². The van der Waals surface area contributed by atoms with Crippen molar-refractivity contribution < 1.29 is 0 Å². The van der Waals surface area contributed by atoms with Gasteiger partial charge in [-0.05, 0) is 55.5 Å². The maximum atomic E-state index is 4.43. The van der Waals surface area contributed by atoms with E-state index in [9.17, 15) is 0 Å². The van der Waals surface area contributed by atoms with E-state index in [1.54, 1.807) is 0 Å². The molecule has 2 aliphatic rings. The van der Waals surface area contributed by atoms with Crippen molar-refractivity contribution >= 4 is 0 Å². The molecule has 1 spiro atoms. The van der Waals surface area contributed by atoms with Gasteiger partial charge < -0.3 is 0 Å². The summed E-state index contributed by atoms with van der Waals surface area (Å²) in [5.74, 6) is 0. The molecule has 2 fully saturated rings. The minimum Gasteiger partial charge on any atom is -0.298 e. The number of benzene rings is 1. The van der Waals surface area contributed by atoms with Crippen molar-refractivity contribution in [3.8, 4) is 0 Å². The Morgan fingerprint density at radius 3 is 2.17 bits per heavy atom. The van der Waals surface area contributed by atoms with E-state index in [0.717, 1.165) is 18.8 Å². The molecule has 2 aromatic rings. The minimum absolute atomic E-state index is 0.521. The molecule has 3 heterocycles. The number of hydrogen-bond donors (Lipinski definition) is 0.